The van der Waals surface area contributed by atoms with Gasteiger partial charge in [-0.1, -0.05) is 31.4 Å². The number of carbonyl (C=O) groups excluding carboxylic acids is 1. The quantitative estimate of drug-likeness (QED) is 0.674. The fourth-order valence-electron chi connectivity index (χ4n) is 3.85. The number of H-pyrrole nitrogens is 1. The van der Waals surface area contributed by atoms with Crippen molar-refractivity contribution in [2.75, 3.05) is 6.54 Å². The van der Waals surface area contributed by atoms with E-state index < -0.39 is 0 Å². The van der Waals surface area contributed by atoms with Crippen molar-refractivity contribution in [1.29, 1.82) is 0 Å². The summed E-state index contributed by atoms with van der Waals surface area (Å²) in [7, 11) is 0. The predicted octanol–water partition coefficient (Wildman–Crippen LogP) is 2.69. The molecule has 7 heteroatoms. The van der Waals surface area contributed by atoms with Crippen molar-refractivity contribution in [3.05, 3.63) is 40.4 Å². The number of rotatable bonds is 7. The van der Waals surface area contributed by atoms with Crippen LogP contribution < -0.4 is 16.6 Å². The number of para-hydroxylation sites is 1. The van der Waals surface area contributed by atoms with Gasteiger partial charge in [-0.25, -0.2) is 4.98 Å². The number of hydrogen-bond acceptors (Lipinski definition) is 4. The van der Waals surface area contributed by atoms with Gasteiger partial charge in [-0.05, 0) is 37.3 Å². The zero-order chi connectivity index (χ0) is 18.4. The molecule has 3 rings (SSSR count). The first-order valence-electron chi connectivity index (χ1n) is 9.64. The topological polar surface area (TPSA) is 101 Å². The van der Waals surface area contributed by atoms with Crippen LogP contribution in [-0.2, 0) is 11.2 Å². The molecule has 0 bridgehead atoms. The lowest BCUT2D eigenvalue weighted by Gasteiger charge is -2.30. The highest BCUT2D eigenvalue weighted by Crippen LogP contribution is 2.26. The molecule has 1 aromatic heterocycles. The summed E-state index contributed by atoms with van der Waals surface area (Å²) in [5, 5.41) is 3.70. The highest BCUT2D eigenvalue weighted by molar-refractivity contribution is 5.85. The van der Waals surface area contributed by atoms with Gasteiger partial charge in [-0.2, -0.15) is 0 Å². The van der Waals surface area contributed by atoms with Crippen LogP contribution in [-0.4, -0.2) is 28.5 Å². The van der Waals surface area contributed by atoms with Gasteiger partial charge >= 0.3 is 0 Å². The molecule has 148 valence electrons. The number of benzene rings is 1. The molecule has 0 saturated heterocycles. The maximum atomic E-state index is 12.3. The molecule has 4 N–H and O–H groups in total. The SMILES string of the molecule is Cl.NCC(NC(=O)CCCc1nc2ccccc2c(=O)[nH]1)C1CCCCC1. The van der Waals surface area contributed by atoms with Crippen LogP contribution >= 0.6 is 12.4 Å². The van der Waals surface area contributed by atoms with E-state index in [2.05, 4.69) is 15.3 Å². The second-order valence-electron chi connectivity index (χ2n) is 7.19. The molecule has 1 saturated carbocycles. The van der Waals surface area contributed by atoms with Gasteiger partial charge in [0.05, 0.1) is 10.9 Å². The smallest absolute Gasteiger partial charge is 0.258 e. The van der Waals surface area contributed by atoms with Crippen LogP contribution in [0.25, 0.3) is 10.9 Å². The molecule has 1 aromatic carbocycles. The number of nitrogens with one attached hydrogen (secondary N) is 2. The number of hydrogen-bond donors (Lipinski definition) is 3. The zero-order valence-electron chi connectivity index (χ0n) is 15.6. The number of nitrogens with zero attached hydrogens (tertiary/aromatic N) is 1. The van der Waals surface area contributed by atoms with Gasteiger partial charge in [-0.3, -0.25) is 9.59 Å². The molecule has 6 nitrogen and oxygen atoms in total. The Kier molecular flexibility index (Phi) is 8.25. The van der Waals surface area contributed by atoms with Gasteiger partial charge < -0.3 is 16.0 Å². The van der Waals surface area contributed by atoms with E-state index in [4.69, 9.17) is 5.73 Å². The summed E-state index contributed by atoms with van der Waals surface area (Å²) in [6.45, 7) is 0.496. The molecule has 0 aliphatic heterocycles. The normalized spacial score (nSPS) is 15.9. The molecule has 1 fully saturated rings. The standard InChI is InChI=1S/C20H28N4O2.ClH/c21-13-17(14-7-2-1-3-8-14)23-19(25)12-6-11-18-22-16-10-5-4-9-15(16)20(26)24-18;/h4-5,9-10,14,17H,1-3,6-8,11-13,21H2,(H,23,25)(H,22,24,26);1H. The number of halogens is 1. The van der Waals surface area contributed by atoms with Crippen molar-refractivity contribution in [1.82, 2.24) is 15.3 Å². The first-order chi connectivity index (χ1) is 12.7. The van der Waals surface area contributed by atoms with E-state index in [0.29, 0.717) is 48.5 Å². The second kappa shape index (κ2) is 10.4. The molecule has 2 aromatic rings. The molecule has 1 heterocycles. The highest BCUT2D eigenvalue weighted by Gasteiger charge is 2.23. The molecule has 1 atom stereocenters. The number of amides is 1. The van der Waals surface area contributed by atoms with Crippen molar-refractivity contribution in [2.24, 2.45) is 11.7 Å². The maximum Gasteiger partial charge on any atom is 0.258 e. The number of aromatic amines is 1. The third-order valence-corrected chi connectivity index (χ3v) is 5.30. The summed E-state index contributed by atoms with van der Waals surface area (Å²) in [4.78, 5) is 31.6. The summed E-state index contributed by atoms with van der Waals surface area (Å²) in [5.74, 6) is 1.18. The first-order valence-corrected chi connectivity index (χ1v) is 9.64. The van der Waals surface area contributed by atoms with Crippen LogP contribution in [0.3, 0.4) is 0 Å². The van der Waals surface area contributed by atoms with Crippen molar-refractivity contribution < 1.29 is 4.79 Å². The minimum absolute atomic E-state index is 0. The third-order valence-electron chi connectivity index (χ3n) is 5.30. The van der Waals surface area contributed by atoms with Crippen LogP contribution in [0.15, 0.2) is 29.1 Å². The van der Waals surface area contributed by atoms with Gasteiger partial charge in [0.1, 0.15) is 5.82 Å². The highest BCUT2D eigenvalue weighted by atomic mass is 35.5. The number of fused-ring (bicyclic) bond motifs is 1. The molecule has 0 radical (unpaired) electrons. The molecule has 1 unspecified atom stereocenters. The lowest BCUT2D eigenvalue weighted by Crippen LogP contribution is -2.45. The fraction of sp³-hybridized carbons (Fsp3) is 0.550. The van der Waals surface area contributed by atoms with E-state index in [1.807, 2.05) is 18.2 Å². The van der Waals surface area contributed by atoms with E-state index >= 15 is 0 Å². The van der Waals surface area contributed by atoms with Crippen LogP contribution in [0.4, 0.5) is 0 Å². The lowest BCUT2D eigenvalue weighted by molar-refractivity contribution is -0.122. The molecule has 27 heavy (non-hydrogen) atoms. The maximum absolute atomic E-state index is 12.3. The number of aromatic nitrogens is 2. The Balaban J connectivity index is 0.00000261. The molecular formula is C20H29ClN4O2. The largest absolute Gasteiger partial charge is 0.352 e. The van der Waals surface area contributed by atoms with Crippen molar-refractivity contribution in [3.8, 4) is 0 Å². The van der Waals surface area contributed by atoms with Gasteiger partial charge in [0.15, 0.2) is 0 Å². The van der Waals surface area contributed by atoms with E-state index in [0.717, 1.165) is 12.8 Å². The van der Waals surface area contributed by atoms with Gasteiger partial charge in [0.25, 0.3) is 5.56 Å². The zero-order valence-corrected chi connectivity index (χ0v) is 16.4. The summed E-state index contributed by atoms with van der Waals surface area (Å²) in [6, 6.07) is 7.36. The minimum atomic E-state index is -0.129. The number of carbonyl (C=O) groups is 1. The summed E-state index contributed by atoms with van der Waals surface area (Å²) < 4.78 is 0. The Morgan fingerprint density at radius 3 is 2.74 bits per heavy atom. The predicted molar refractivity (Wildman–Crippen MR) is 110 cm³/mol. The monoisotopic (exact) mass is 392 g/mol. The molecule has 0 spiro atoms. The van der Waals surface area contributed by atoms with Crippen molar-refractivity contribution >= 4 is 29.2 Å². The molecule has 1 aliphatic carbocycles. The Labute approximate surface area is 165 Å². The number of aryl methyl sites for hydroxylation is 1. The van der Waals surface area contributed by atoms with Crippen LogP contribution in [0, 0.1) is 5.92 Å². The van der Waals surface area contributed by atoms with Gasteiger partial charge in [-0.15, -0.1) is 12.4 Å². The lowest BCUT2D eigenvalue weighted by atomic mass is 9.84. The Bertz CT molecular complexity index is 802. The molecule has 1 amide bonds. The Hall–Kier alpha value is -1.92. The van der Waals surface area contributed by atoms with Crippen LogP contribution in [0.5, 0.6) is 0 Å². The Morgan fingerprint density at radius 2 is 2.00 bits per heavy atom. The molecular weight excluding hydrogens is 364 g/mol. The van der Waals surface area contributed by atoms with Crippen LogP contribution in [0.2, 0.25) is 0 Å². The van der Waals surface area contributed by atoms with Gasteiger partial charge in [0.2, 0.25) is 5.91 Å². The average molecular weight is 393 g/mol. The summed E-state index contributed by atoms with van der Waals surface area (Å²) in [5.41, 5.74) is 6.44. The number of nitrogens with two attached hydrogens (primary N) is 1. The minimum Gasteiger partial charge on any atom is -0.352 e. The van der Waals surface area contributed by atoms with E-state index in [9.17, 15) is 9.59 Å². The van der Waals surface area contributed by atoms with E-state index in [-0.39, 0.29) is 29.9 Å². The van der Waals surface area contributed by atoms with Crippen LogP contribution in [0.1, 0.15) is 50.8 Å². The molecule has 1 aliphatic rings. The van der Waals surface area contributed by atoms with E-state index in [1.54, 1.807) is 6.07 Å². The first kappa shape index (κ1) is 21.4. The van der Waals surface area contributed by atoms with E-state index in [1.165, 1.54) is 19.3 Å². The summed E-state index contributed by atoms with van der Waals surface area (Å²) >= 11 is 0. The Morgan fingerprint density at radius 1 is 1.26 bits per heavy atom. The average Bonchev–Trinajstić information content (AvgIpc) is 2.67. The second-order valence-corrected chi connectivity index (χ2v) is 7.19. The van der Waals surface area contributed by atoms with Gasteiger partial charge in [0, 0.05) is 25.4 Å². The van der Waals surface area contributed by atoms with Crippen molar-refractivity contribution in [3.63, 3.8) is 0 Å². The summed E-state index contributed by atoms with van der Waals surface area (Å²) in [6.07, 6.45) is 7.71. The third kappa shape index (κ3) is 5.78. The van der Waals surface area contributed by atoms with Crippen molar-refractivity contribution in [2.45, 2.75) is 57.4 Å². The fourth-order valence-corrected chi connectivity index (χ4v) is 3.85.